The summed E-state index contributed by atoms with van der Waals surface area (Å²) in [6.07, 6.45) is 5.21. The topological polar surface area (TPSA) is 66.5 Å². The lowest BCUT2D eigenvalue weighted by Gasteiger charge is -2.06. The van der Waals surface area contributed by atoms with E-state index in [4.69, 9.17) is 16.9 Å². The molecule has 0 radical (unpaired) electrons. The van der Waals surface area contributed by atoms with Gasteiger partial charge in [-0.1, -0.05) is 11.6 Å². The second kappa shape index (κ2) is 4.85. The van der Waals surface area contributed by atoms with E-state index in [0.717, 1.165) is 5.56 Å². The molecule has 17 heavy (non-hydrogen) atoms. The smallest absolute Gasteiger partial charge is 0.146 e. The monoisotopic (exact) mass is 247 g/mol. The Morgan fingerprint density at radius 2 is 2.41 bits per heavy atom. The van der Waals surface area contributed by atoms with Gasteiger partial charge in [0.1, 0.15) is 16.9 Å². The first-order valence-corrected chi connectivity index (χ1v) is 5.34. The molecule has 0 unspecified atom stereocenters. The first-order valence-electron chi connectivity index (χ1n) is 4.96. The maximum Gasteiger partial charge on any atom is 0.146 e. The van der Waals surface area contributed by atoms with Gasteiger partial charge in [-0.25, -0.2) is 4.98 Å². The Kier molecular flexibility index (Phi) is 3.26. The number of rotatable bonds is 3. The van der Waals surface area contributed by atoms with Crippen LogP contribution in [0.25, 0.3) is 0 Å². The molecule has 0 aliphatic rings. The Morgan fingerprint density at radius 1 is 1.59 bits per heavy atom. The summed E-state index contributed by atoms with van der Waals surface area (Å²) in [7, 11) is 1.85. The van der Waals surface area contributed by atoms with E-state index in [0.29, 0.717) is 22.9 Å². The third kappa shape index (κ3) is 2.55. The highest BCUT2D eigenvalue weighted by Gasteiger charge is 2.06. The molecule has 0 atom stereocenters. The number of anilines is 1. The fraction of sp³-hybridized carbons (Fsp3) is 0.182. The molecule has 0 fully saturated rings. The molecular formula is C11H10ClN5. The van der Waals surface area contributed by atoms with Crippen LogP contribution in [0.1, 0.15) is 11.1 Å². The van der Waals surface area contributed by atoms with Crippen molar-refractivity contribution in [2.24, 2.45) is 7.05 Å². The molecule has 0 aliphatic carbocycles. The van der Waals surface area contributed by atoms with E-state index in [-0.39, 0.29) is 0 Å². The molecule has 0 bridgehead atoms. The predicted molar refractivity (Wildman–Crippen MR) is 64.5 cm³/mol. The highest BCUT2D eigenvalue weighted by Crippen LogP contribution is 2.23. The summed E-state index contributed by atoms with van der Waals surface area (Å²) in [5.74, 6) is 0.509. The van der Waals surface area contributed by atoms with Gasteiger partial charge in [-0.3, -0.25) is 4.68 Å². The van der Waals surface area contributed by atoms with Gasteiger partial charge in [-0.05, 0) is 6.07 Å². The van der Waals surface area contributed by atoms with Crippen molar-refractivity contribution in [3.8, 4) is 6.07 Å². The summed E-state index contributed by atoms with van der Waals surface area (Å²) in [6, 6.07) is 3.59. The Hall–Kier alpha value is -2.06. The van der Waals surface area contributed by atoms with Crippen LogP contribution in [0, 0.1) is 11.3 Å². The maximum absolute atomic E-state index is 8.83. The molecule has 5 nitrogen and oxygen atoms in total. The number of pyridine rings is 1. The van der Waals surface area contributed by atoms with Crippen molar-refractivity contribution in [1.82, 2.24) is 14.8 Å². The highest BCUT2D eigenvalue weighted by atomic mass is 35.5. The molecule has 2 aromatic rings. The zero-order valence-corrected chi connectivity index (χ0v) is 9.94. The van der Waals surface area contributed by atoms with Crippen LogP contribution in [-0.2, 0) is 13.6 Å². The number of aromatic nitrogens is 3. The number of hydrogen-bond acceptors (Lipinski definition) is 4. The van der Waals surface area contributed by atoms with Crippen LogP contribution in [0.4, 0.5) is 5.82 Å². The van der Waals surface area contributed by atoms with Gasteiger partial charge in [0.2, 0.25) is 0 Å². The highest BCUT2D eigenvalue weighted by molar-refractivity contribution is 6.34. The summed E-state index contributed by atoms with van der Waals surface area (Å²) in [6.45, 7) is 0.565. The Balaban J connectivity index is 2.12. The SMILES string of the molecule is Cn1cc(CNc2nccc(C#N)c2Cl)cn1. The molecule has 0 aromatic carbocycles. The number of nitriles is 1. The Bertz CT molecular complexity index is 569. The molecule has 2 aromatic heterocycles. The second-order valence-electron chi connectivity index (χ2n) is 3.51. The standard InChI is InChI=1S/C11H10ClN5/c1-17-7-8(6-16-17)5-15-11-10(12)9(4-13)2-3-14-11/h2-3,6-7H,5H2,1H3,(H,14,15). The van der Waals surface area contributed by atoms with Crippen molar-refractivity contribution < 1.29 is 0 Å². The first kappa shape index (κ1) is 11.4. The van der Waals surface area contributed by atoms with E-state index < -0.39 is 0 Å². The van der Waals surface area contributed by atoms with Crippen LogP contribution >= 0.6 is 11.6 Å². The average molecular weight is 248 g/mol. The fourth-order valence-corrected chi connectivity index (χ4v) is 1.62. The summed E-state index contributed by atoms with van der Waals surface area (Å²) in [4.78, 5) is 4.09. The van der Waals surface area contributed by atoms with E-state index in [2.05, 4.69) is 15.4 Å². The van der Waals surface area contributed by atoms with Crippen LogP contribution in [0.2, 0.25) is 5.02 Å². The third-order valence-corrected chi connectivity index (χ3v) is 2.61. The second-order valence-corrected chi connectivity index (χ2v) is 3.89. The largest absolute Gasteiger partial charge is 0.365 e. The van der Waals surface area contributed by atoms with Crippen LogP contribution in [-0.4, -0.2) is 14.8 Å². The number of halogens is 1. The van der Waals surface area contributed by atoms with E-state index in [1.54, 1.807) is 23.1 Å². The molecule has 0 amide bonds. The van der Waals surface area contributed by atoms with Crippen LogP contribution in [0.5, 0.6) is 0 Å². The fourth-order valence-electron chi connectivity index (χ4n) is 1.40. The lowest BCUT2D eigenvalue weighted by Crippen LogP contribution is -2.02. The summed E-state index contributed by atoms with van der Waals surface area (Å²) in [5, 5.41) is 16.3. The molecule has 2 rings (SSSR count). The van der Waals surface area contributed by atoms with Gasteiger partial charge in [0.25, 0.3) is 0 Å². The maximum atomic E-state index is 8.83. The summed E-state index contributed by atoms with van der Waals surface area (Å²) >= 11 is 6.01. The van der Waals surface area contributed by atoms with Crippen LogP contribution < -0.4 is 5.32 Å². The number of nitrogens with zero attached hydrogens (tertiary/aromatic N) is 4. The van der Waals surface area contributed by atoms with Gasteiger partial charge in [0, 0.05) is 31.5 Å². The van der Waals surface area contributed by atoms with Crippen molar-refractivity contribution >= 4 is 17.4 Å². The normalized spacial score (nSPS) is 9.94. The molecule has 1 N–H and O–H groups in total. The van der Waals surface area contributed by atoms with Crippen molar-refractivity contribution in [1.29, 1.82) is 5.26 Å². The molecular weight excluding hydrogens is 238 g/mol. The molecule has 0 saturated carbocycles. The molecule has 6 heteroatoms. The molecule has 0 saturated heterocycles. The molecule has 86 valence electrons. The van der Waals surface area contributed by atoms with Gasteiger partial charge < -0.3 is 5.32 Å². The molecule has 0 spiro atoms. The number of nitrogens with one attached hydrogen (secondary N) is 1. The van der Waals surface area contributed by atoms with Gasteiger partial charge in [-0.2, -0.15) is 10.4 Å². The Morgan fingerprint density at radius 3 is 3.06 bits per heavy atom. The van der Waals surface area contributed by atoms with Crippen LogP contribution in [0.3, 0.4) is 0 Å². The lowest BCUT2D eigenvalue weighted by atomic mass is 10.3. The van der Waals surface area contributed by atoms with E-state index in [1.165, 1.54) is 0 Å². The lowest BCUT2D eigenvalue weighted by molar-refractivity contribution is 0.767. The van der Waals surface area contributed by atoms with E-state index >= 15 is 0 Å². The molecule has 0 aliphatic heterocycles. The third-order valence-electron chi connectivity index (χ3n) is 2.23. The van der Waals surface area contributed by atoms with Crippen molar-refractivity contribution in [2.45, 2.75) is 6.54 Å². The van der Waals surface area contributed by atoms with E-state index in [1.807, 2.05) is 19.3 Å². The van der Waals surface area contributed by atoms with E-state index in [9.17, 15) is 0 Å². The minimum absolute atomic E-state index is 0.346. The van der Waals surface area contributed by atoms with Crippen molar-refractivity contribution in [3.05, 3.63) is 40.8 Å². The van der Waals surface area contributed by atoms with Gasteiger partial charge in [0.15, 0.2) is 0 Å². The minimum Gasteiger partial charge on any atom is -0.365 e. The number of hydrogen-bond donors (Lipinski definition) is 1. The number of aryl methyl sites for hydroxylation is 1. The predicted octanol–water partition coefficient (Wildman–Crippen LogP) is 1.95. The summed E-state index contributed by atoms with van der Waals surface area (Å²) in [5.41, 5.74) is 1.43. The van der Waals surface area contributed by atoms with Gasteiger partial charge in [-0.15, -0.1) is 0 Å². The zero-order chi connectivity index (χ0) is 12.3. The summed E-state index contributed by atoms with van der Waals surface area (Å²) < 4.78 is 1.72. The Labute approximate surface area is 104 Å². The van der Waals surface area contributed by atoms with Gasteiger partial charge in [0.05, 0.1) is 11.8 Å². The van der Waals surface area contributed by atoms with Crippen LogP contribution in [0.15, 0.2) is 24.7 Å². The van der Waals surface area contributed by atoms with Crippen molar-refractivity contribution in [3.63, 3.8) is 0 Å². The first-order chi connectivity index (χ1) is 8.20. The van der Waals surface area contributed by atoms with Crippen molar-refractivity contribution in [2.75, 3.05) is 5.32 Å². The molecule has 2 heterocycles. The quantitative estimate of drug-likeness (QED) is 0.900. The minimum atomic E-state index is 0.346. The van der Waals surface area contributed by atoms with Gasteiger partial charge >= 0.3 is 0 Å². The zero-order valence-electron chi connectivity index (χ0n) is 9.18. The average Bonchev–Trinajstić information content (AvgIpc) is 2.74.